The highest BCUT2D eigenvalue weighted by atomic mass is 16.2. The van der Waals surface area contributed by atoms with E-state index < -0.39 is 0 Å². The number of hydrogen-bond acceptors (Lipinski definition) is 4. The summed E-state index contributed by atoms with van der Waals surface area (Å²) in [5.74, 6) is -0.0353. The van der Waals surface area contributed by atoms with Crippen LogP contribution in [-0.4, -0.2) is 43.1 Å². The molecule has 1 saturated heterocycles. The number of carbonyl (C=O) groups excluding carboxylic acids is 1. The normalized spacial score (nSPS) is 17.8. The van der Waals surface area contributed by atoms with E-state index in [9.17, 15) is 4.79 Å². The van der Waals surface area contributed by atoms with E-state index in [2.05, 4.69) is 15.1 Å². The molecule has 0 spiro atoms. The first kappa shape index (κ1) is 15.7. The number of fused-ring (bicyclic) bond motifs is 1. The molecular formula is C19H21N5O. The van der Waals surface area contributed by atoms with Crippen LogP contribution in [0.3, 0.4) is 0 Å². The van der Waals surface area contributed by atoms with Gasteiger partial charge >= 0.3 is 0 Å². The zero-order valence-electron chi connectivity index (χ0n) is 14.3. The summed E-state index contributed by atoms with van der Waals surface area (Å²) in [5, 5.41) is 4.37. The fraction of sp³-hybridized carbons (Fsp3) is 0.368. The van der Waals surface area contributed by atoms with Crippen molar-refractivity contribution in [2.24, 2.45) is 0 Å². The summed E-state index contributed by atoms with van der Waals surface area (Å²) in [7, 11) is 0. The summed E-state index contributed by atoms with van der Waals surface area (Å²) in [5.41, 5.74) is 3.11. The zero-order valence-corrected chi connectivity index (χ0v) is 14.3. The fourth-order valence-corrected chi connectivity index (χ4v) is 3.45. The first-order valence-corrected chi connectivity index (χ1v) is 8.72. The average Bonchev–Trinajstić information content (AvgIpc) is 3.06. The van der Waals surface area contributed by atoms with Gasteiger partial charge in [0.05, 0.1) is 36.0 Å². The summed E-state index contributed by atoms with van der Waals surface area (Å²) >= 11 is 0. The standard InChI is InChI=1S/C19H21N5O/c1-14-10-21-23(12-14)13-15-6-4-5-9-24(15)19(25)18-11-20-16-7-2-3-8-17(16)22-18/h2-3,7-8,10-12,15H,4-6,9,13H2,1H3/t15-/m0/s1. The van der Waals surface area contributed by atoms with Gasteiger partial charge in [0.1, 0.15) is 5.69 Å². The molecule has 25 heavy (non-hydrogen) atoms. The summed E-state index contributed by atoms with van der Waals surface area (Å²) in [4.78, 5) is 23.9. The van der Waals surface area contributed by atoms with Crippen molar-refractivity contribution >= 4 is 16.9 Å². The van der Waals surface area contributed by atoms with Crippen LogP contribution in [0.25, 0.3) is 11.0 Å². The van der Waals surface area contributed by atoms with Crippen molar-refractivity contribution in [3.8, 4) is 0 Å². The lowest BCUT2D eigenvalue weighted by molar-refractivity contribution is 0.0578. The van der Waals surface area contributed by atoms with Crippen LogP contribution in [0.2, 0.25) is 0 Å². The number of carbonyl (C=O) groups is 1. The lowest BCUT2D eigenvalue weighted by Gasteiger charge is -2.35. The van der Waals surface area contributed by atoms with Gasteiger partial charge in [-0.2, -0.15) is 5.10 Å². The third-order valence-corrected chi connectivity index (χ3v) is 4.72. The van der Waals surface area contributed by atoms with E-state index in [1.54, 1.807) is 6.20 Å². The second-order valence-corrected chi connectivity index (χ2v) is 6.63. The van der Waals surface area contributed by atoms with Gasteiger partial charge in [-0.05, 0) is 43.9 Å². The number of benzene rings is 1. The fourth-order valence-electron chi connectivity index (χ4n) is 3.45. The van der Waals surface area contributed by atoms with Crippen LogP contribution in [0.15, 0.2) is 42.9 Å². The SMILES string of the molecule is Cc1cnn(C[C@@H]2CCCCN2C(=O)c2cnc3ccccc3n2)c1. The van der Waals surface area contributed by atoms with Crippen LogP contribution >= 0.6 is 0 Å². The largest absolute Gasteiger partial charge is 0.332 e. The van der Waals surface area contributed by atoms with Gasteiger partial charge in [-0.25, -0.2) is 4.98 Å². The Morgan fingerprint density at radius 3 is 2.84 bits per heavy atom. The Morgan fingerprint density at radius 2 is 2.04 bits per heavy atom. The molecule has 2 aromatic heterocycles. The molecule has 1 fully saturated rings. The highest BCUT2D eigenvalue weighted by Gasteiger charge is 2.29. The zero-order chi connectivity index (χ0) is 17.2. The van der Waals surface area contributed by atoms with Gasteiger partial charge in [0.15, 0.2) is 0 Å². The molecule has 3 heterocycles. The van der Waals surface area contributed by atoms with E-state index in [0.29, 0.717) is 5.69 Å². The van der Waals surface area contributed by atoms with Gasteiger partial charge in [0.2, 0.25) is 0 Å². The topological polar surface area (TPSA) is 63.9 Å². The monoisotopic (exact) mass is 335 g/mol. The lowest BCUT2D eigenvalue weighted by Crippen LogP contribution is -2.46. The number of hydrogen-bond donors (Lipinski definition) is 0. The summed E-state index contributed by atoms with van der Waals surface area (Å²) in [6.45, 7) is 3.51. The Bertz CT molecular complexity index is 903. The van der Waals surface area contributed by atoms with Crippen molar-refractivity contribution in [3.05, 3.63) is 54.1 Å². The maximum Gasteiger partial charge on any atom is 0.274 e. The molecule has 1 amide bonds. The van der Waals surface area contributed by atoms with Gasteiger partial charge in [0, 0.05) is 12.7 Å². The Hall–Kier alpha value is -2.76. The molecule has 0 bridgehead atoms. The molecule has 3 aromatic rings. The molecule has 0 unspecified atom stereocenters. The Morgan fingerprint density at radius 1 is 1.20 bits per heavy atom. The molecule has 6 heteroatoms. The molecule has 1 atom stereocenters. The van der Waals surface area contributed by atoms with E-state index in [4.69, 9.17) is 0 Å². The van der Waals surface area contributed by atoms with Crippen LogP contribution in [-0.2, 0) is 6.54 Å². The Balaban J connectivity index is 1.59. The van der Waals surface area contributed by atoms with Crippen molar-refractivity contribution in [1.29, 1.82) is 0 Å². The average molecular weight is 335 g/mol. The predicted octanol–water partition coefficient (Wildman–Crippen LogP) is 2.83. The van der Waals surface area contributed by atoms with Gasteiger partial charge in [-0.15, -0.1) is 0 Å². The highest BCUT2D eigenvalue weighted by molar-refractivity contribution is 5.94. The molecule has 0 aliphatic carbocycles. The first-order valence-electron chi connectivity index (χ1n) is 8.72. The molecule has 6 nitrogen and oxygen atoms in total. The second kappa shape index (κ2) is 6.63. The minimum atomic E-state index is -0.0353. The molecule has 4 rings (SSSR count). The van der Waals surface area contributed by atoms with Crippen molar-refractivity contribution in [2.75, 3.05) is 6.54 Å². The Kier molecular flexibility index (Phi) is 4.17. The summed E-state index contributed by atoms with van der Waals surface area (Å²) < 4.78 is 1.93. The number of likely N-dealkylation sites (tertiary alicyclic amines) is 1. The van der Waals surface area contributed by atoms with E-state index in [1.807, 2.05) is 53.2 Å². The van der Waals surface area contributed by atoms with Crippen molar-refractivity contribution < 1.29 is 4.79 Å². The van der Waals surface area contributed by atoms with Crippen LogP contribution in [0, 0.1) is 6.92 Å². The number of rotatable bonds is 3. The number of para-hydroxylation sites is 2. The van der Waals surface area contributed by atoms with Crippen LogP contribution < -0.4 is 0 Å². The van der Waals surface area contributed by atoms with E-state index >= 15 is 0 Å². The minimum Gasteiger partial charge on any atom is -0.332 e. The maximum absolute atomic E-state index is 13.0. The molecule has 0 radical (unpaired) electrons. The van der Waals surface area contributed by atoms with Crippen LogP contribution in [0.1, 0.15) is 35.3 Å². The molecular weight excluding hydrogens is 314 g/mol. The van der Waals surface area contributed by atoms with Gasteiger partial charge in [-0.1, -0.05) is 12.1 Å². The lowest BCUT2D eigenvalue weighted by atomic mass is 10.0. The quantitative estimate of drug-likeness (QED) is 0.738. The van der Waals surface area contributed by atoms with Crippen molar-refractivity contribution in [2.45, 2.75) is 38.8 Å². The molecule has 1 aliphatic heterocycles. The molecule has 0 N–H and O–H groups in total. The van der Waals surface area contributed by atoms with E-state index in [0.717, 1.165) is 48.9 Å². The number of aromatic nitrogens is 4. The molecule has 1 aromatic carbocycles. The highest BCUT2D eigenvalue weighted by Crippen LogP contribution is 2.21. The number of amides is 1. The number of nitrogens with zero attached hydrogens (tertiary/aromatic N) is 5. The molecule has 1 aliphatic rings. The van der Waals surface area contributed by atoms with Crippen molar-refractivity contribution in [1.82, 2.24) is 24.6 Å². The number of aryl methyl sites for hydroxylation is 1. The van der Waals surface area contributed by atoms with Gasteiger partial charge in [-0.3, -0.25) is 14.5 Å². The third-order valence-electron chi connectivity index (χ3n) is 4.72. The first-order chi connectivity index (χ1) is 12.2. The van der Waals surface area contributed by atoms with Crippen LogP contribution in [0.4, 0.5) is 0 Å². The summed E-state index contributed by atoms with van der Waals surface area (Å²) in [6.07, 6.45) is 8.62. The van der Waals surface area contributed by atoms with Crippen molar-refractivity contribution in [3.63, 3.8) is 0 Å². The van der Waals surface area contributed by atoms with Gasteiger partial charge in [0.25, 0.3) is 5.91 Å². The summed E-state index contributed by atoms with van der Waals surface area (Å²) in [6, 6.07) is 7.77. The van der Waals surface area contributed by atoms with Crippen LogP contribution in [0.5, 0.6) is 0 Å². The van der Waals surface area contributed by atoms with E-state index in [1.165, 1.54) is 0 Å². The number of piperidine rings is 1. The minimum absolute atomic E-state index is 0.0353. The predicted molar refractivity (Wildman–Crippen MR) is 95.2 cm³/mol. The maximum atomic E-state index is 13.0. The molecule has 0 saturated carbocycles. The third kappa shape index (κ3) is 3.24. The molecule has 128 valence electrons. The van der Waals surface area contributed by atoms with E-state index in [-0.39, 0.29) is 11.9 Å². The smallest absolute Gasteiger partial charge is 0.274 e. The second-order valence-electron chi connectivity index (χ2n) is 6.63. The van der Waals surface area contributed by atoms with Gasteiger partial charge < -0.3 is 4.90 Å². The Labute approximate surface area is 146 Å².